The third-order valence-electron chi connectivity index (χ3n) is 2.79. The molecule has 14 heavy (non-hydrogen) atoms. The zero-order valence-corrected chi connectivity index (χ0v) is 9.13. The standard InChI is InChI=1S/C11H19NO2/c1-8(6-10(13)14)7-12-11(2,3)9-4-5-9/h6,9,12H,4-5,7H2,1-3H3,(H,13,14). The van der Waals surface area contributed by atoms with E-state index in [0.717, 1.165) is 11.5 Å². The third-order valence-corrected chi connectivity index (χ3v) is 2.79. The van der Waals surface area contributed by atoms with Gasteiger partial charge in [-0.05, 0) is 39.5 Å². The monoisotopic (exact) mass is 197 g/mol. The fourth-order valence-electron chi connectivity index (χ4n) is 1.58. The average Bonchev–Trinajstić information content (AvgIpc) is 2.81. The normalized spacial score (nSPS) is 18.4. The second-order valence-corrected chi connectivity index (χ2v) is 4.68. The molecule has 1 aliphatic carbocycles. The first kappa shape index (κ1) is 11.2. The Hall–Kier alpha value is -0.830. The summed E-state index contributed by atoms with van der Waals surface area (Å²) in [5.74, 6) is -0.103. The highest BCUT2D eigenvalue weighted by Gasteiger charge is 2.36. The maximum atomic E-state index is 10.4. The van der Waals surface area contributed by atoms with Crippen LogP contribution in [0.25, 0.3) is 0 Å². The van der Waals surface area contributed by atoms with E-state index in [-0.39, 0.29) is 5.54 Å². The van der Waals surface area contributed by atoms with Gasteiger partial charge in [-0.1, -0.05) is 5.57 Å². The number of carboxylic acid groups (broad SMARTS) is 1. The number of nitrogens with one attached hydrogen (secondary N) is 1. The summed E-state index contributed by atoms with van der Waals surface area (Å²) >= 11 is 0. The Kier molecular flexibility index (Phi) is 3.32. The van der Waals surface area contributed by atoms with Gasteiger partial charge in [-0.2, -0.15) is 0 Å². The van der Waals surface area contributed by atoms with Crippen molar-refractivity contribution in [1.82, 2.24) is 5.32 Å². The molecule has 1 fully saturated rings. The molecule has 0 heterocycles. The molecule has 0 aromatic heterocycles. The molecule has 1 saturated carbocycles. The lowest BCUT2D eigenvalue weighted by Gasteiger charge is -2.26. The van der Waals surface area contributed by atoms with Crippen LogP contribution in [0.5, 0.6) is 0 Å². The highest BCUT2D eigenvalue weighted by Crippen LogP contribution is 2.39. The molecule has 1 aliphatic rings. The number of aliphatic carboxylic acids is 1. The van der Waals surface area contributed by atoms with Crippen molar-refractivity contribution in [3.63, 3.8) is 0 Å². The van der Waals surface area contributed by atoms with E-state index in [4.69, 9.17) is 5.11 Å². The molecule has 0 unspecified atom stereocenters. The van der Waals surface area contributed by atoms with Gasteiger partial charge in [-0.3, -0.25) is 0 Å². The second-order valence-electron chi connectivity index (χ2n) is 4.68. The summed E-state index contributed by atoms with van der Waals surface area (Å²) in [5, 5.41) is 11.9. The molecule has 0 atom stereocenters. The lowest BCUT2D eigenvalue weighted by atomic mass is 9.98. The van der Waals surface area contributed by atoms with Crippen molar-refractivity contribution < 1.29 is 9.90 Å². The highest BCUT2D eigenvalue weighted by molar-refractivity contribution is 5.80. The number of hydrogen-bond donors (Lipinski definition) is 2. The van der Waals surface area contributed by atoms with Crippen LogP contribution in [-0.2, 0) is 4.79 Å². The van der Waals surface area contributed by atoms with Crippen LogP contribution in [0.3, 0.4) is 0 Å². The fraction of sp³-hybridized carbons (Fsp3) is 0.727. The van der Waals surface area contributed by atoms with Crippen molar-refractivity contribution >= 4 is 5.97 Å². The largest absolute Gasteiger partial charge is 0.478 e. The summed E-state index contributed by atoms with van der Waals surface area (Å²) in [6.07, 6.45) is 3.85. The number of carboxylic acids is 1. The zero-order valence-electron chi connectivity index (χ0n) is 9.13. The summed E-state index contributed by atoms with van der Waals surface area (Å²) in [5.41, 5.74) is 1.01. The van der Waals surface area contributed by atoms with Crippen LogP contribution in [0.4, 0.5) is 0 Å². The van der Waals surface area contributed by atoms with Gasteiger partial charge in [-0.15, -0.1) is 0 Å². The Morgan fingerprint density at radius 2 is 2.14 bits per heavy atom. The van der Waals surface area contributed by atoms with Gasteiger partial charge in [-0.25, -0.2) is 4.79 Å². The van der Waals surface area contributed by atoms with Gasteiger partial charge in [0.05, 0.1) is 0 Å². The molecule has 0 spiro atoms. The first-order valence-electron chi connectivity index (χ1n) is 5.07. The quantitative estimate of drug-likeness (QED) is 0.661. The van der Waals surface area contributed by atoms with Crippen LogP contribution in [0.1, 0.15) is 33.6 Å². The van der Waals surface area contributed by atoms with Gasteiger partial charge in [0.25, 0.3) is 0 Å². The van der Waals surface area contributed by atoms with E-state index in [1.165, 1.54) is 18.9 Å². The molecule has 0 radical (unpaired) electrons. The van der Waals surface area contributed by atoms with Crippen molar-refractivity contribution in [2.45, 2.75) is 39.2 Å². The van der Waals surface area contributed by atoms with E-state index in [1.54, 1.807) is 0 Å². The van der Waals surface area contributed by atoms with Crippen LogP contribution >= 0.6 is 0 Å². The average molecular weight is 197 g/mol. The smallest absolute Gasteiger partial charge is 0.328 e. The molecule has 0 saturated heterocycles. The van der Waals surface area contributed by atoms with Gasteiger partial charge in [0, 0.05) is 18.2 Å². The first-order chi connectivity index (χ1) is 6.42. The van der Waals surface area contributed by atoms with E-state index in [9.17, 15) is 4.79 Å². The Labute approximate surface area is 85.2 Å². The number of carbonyl (C=O) groups is 1. The molecule has 0 aliphatic heterocycles. The van der Waals surface area contributed by atoms with Crippen LogP contribution in [0, 0.1) is 5.92 Å². The number of rotatable bonds is 5. The zero-order chi connectivity index (χ0) is 10.8. The summed E-state index contributed by atoms with van der Waals surface area (Å²) < 4.78 is 0. The van der Waals surface area contributed by atoms with E-state index >= 15 is 0 Å². The van der Waals surface area contributed by atoms with E-state index in [1.807, 2.05) is 6.92 Å². The van der Waals surface area contributed by atoms with Gasteiger partial charge in [0.15, 0.2) is 0 Å². The molecule has 2 N–H and O–H groups in total. The minimum absolute atomic E-state index is 0.146. The molecule has 3 nitrogen and oxygen atoms in total. The van der Waals surface area contributed by atoms with Gasteiger partial charge in [0.2, 0.25) is 0 Å². The van der Waals surface area contributed by atoms with Crippen molar-refractivity contribution in [2.75, 3.05) is 6.54 Å². The predicted molar refractivity (Wildman–Crippen MR) is 56.2 cm³/mol. The van der Waals surface area contributed by atoms with Crippen LogP contribution in [0.2, 0.25) is 0 Å². The second kappa shape index (κ2) is 4.13. The van der Waals surface area contributed by atoms with Crippen molar-refractivity contribution in [1.29, 1.82) is 0 Å². The topological polar surface area (TPSA) is 49.3 Å². The summed E-state index contributed by atoms with van der Waals surface area (Å²) in [6.45, 7) is 6.86. The lowest BCUT2D eigenvalue weighted by Crippen LogP contribution is -2.42. The Bertz CT molecular complexity index is 252. The predicted octanol–water partition coefficient (Wildman–Crippen LogP) is 1.80. The molecule has 0 aromatic carbocycles. The van der Waals surface area contributed by atoms with E-state index in [0.29, 0.717) is 6.54 Å². The fourth-order valence-corrected chi connectivity index (χ4v) is 1.58. The van der Waals surface area contributed by atoms with Gasteiger partial charge in [0.1, 0.15) is 0 Å². The third kappa shape index (κ3) is 3.50. The summed E-state index contributed by atoms with van der Waals surface area (Å²) in [6, 6.07) is 0. The van der Waals surface area contributed by atoms with Crippen LogP contribution in [-0.4, -0.2) is 23.2 Å². The van der Waals surface area contributed by atoms with Crippen molar-refractivity contribution in [3.8, 4) is 0 Å². The molecule has 80 valence electrons. The Morgan fingerprint density at radius 3 is 2.57 bits per heavy atom. The lowest BCUT2D eigenvalue weighted by molar-refractivity contribution is -0.131. The Balaban J connectivity index is 2.35. The highest BCUT2D eigenvalue weighted by atomic mass is 16.4. The molecular formula is C11H19NO2. The summed E-state index contributed by atoms with van der Waals surface area (Å²) in [7, 11) is 0. The van der Waals surface area contributed by atoms with Gasteiger partial charge < -0.3 is 10.4 Å². The summed E-state index contributed by atoms with van der Waals surface area (Å²) in [4.78, 5) is 10.4. The SMILES string of the molecule is CC(=CC(=O)O)CNC(C)(C)C1CC1. The van der Waals surface area contributed by atoms with E-state index in [2.05, 4.69) is 19.2 Å². The molecular weight excluding hydrogens is 178 g/mol. The minimum Gasteiger partial charge on any atom is -0.478 e. The minimum atomic E-state index is -0.867. The van der Waals surface area contributed by atoms with E-state index < -0.39 is 5.97 Å². The number of hydrogen-bond acceptors (Lipinski definition) is 2. The maximum Gasteiger partial charge on any atom is 0.328 e. The van der Waals surface area contributed by atoms with Gasteiger partial charge >= 0.3 is 5.97 Å². The van der Waals surface area contributed by atoms with Crippen LogP contribution < -0.4 is 5.32 Å². The molecule has 0 aromatic rings. The molecule has 0 amide bonds. The van der Waals surface area contributed by atoms with Crippen LogP contribution in [0.15, 0.2) is 11.6 Å². The maximum absolute atomic E-state index is 10.4. The molecule has 0 bridgehead atoms. The van der Waals surface area contributed by atoms with Crippen molar-refractivity contribution in [3.05, 3.63) is 11.6 Å². The van der Waals surface area contributed by atoms with Crippen molar-refractivity contribution in [2.24, 2.45) is 5.92 Å². The molecule has 3 heteroatoms. The molecule has 1 rings (SSSR count). The first-order valence-corrected chi connectivity index (χ1v) is 5.07. The Morgan fingerprint density at radius 1 is 1.57 bits per heavy atom.